The maximum atomic E-state index is 5.92. The first kappa shape index (κ1) is 12.0. The van der Waals surface area contributed by atoms with E-state index >= 15 is 0 Å². The molecule has 1 fully saturated rings. The zero-order valence-electron chi connectivity index (χ0n) is 10.6. The summed E-state index contributed by atoms with van der Waals surface area (Å²) in [6.07, 6.45) is 0.220. The highest BCUT2D eigenvalue weighted by molar-refractivity contribution is 6.30. The smallest absolute Gasteiger partial charge is 0.149 e. The van der Waals surface area contributed by atoms with E-state index in [4.69, 9.17) is 16.4 Å². The van der Waals surface area contributed by atoms with E-state index in [9.17, 15) is 0 Å². The number of rotatable bonds is 2. The van der Waals surface area contributed by atoms with Gasteiger partial charge in [-0.3, -0.25) is 4.90 Å². The van der Waals surface area contributed by atoms with Crippen LogP contribution in [0.1, 0.15) is 19.4 Å². The Hall–Kier alpha value is -1.06. The van der Waals surface area contributed by atoms with Gasteiger partial charge >= 0.3 is 0 Å². The van der Waals surface area contributed by atoms with E-state index in [1.165, 1.54) is 0 Å². The molecule has 0 radical (unpaired) electrons. The van der Waals surface area contributed by atoms with Crippen LogP contribution in [-0.4, -0.2) is 35.8 Å². The van der Waals surface area contributed by atoms with Gasteiger partial charge in [-0.25, -0.2) is 0 Å². The lowest BCUT2D eigenvalue weighted by Crippen LogP contribution is -2.30. The van der Waals surface area contributed by atoms with Crippen LogP contribution in [0.15, 0.2) is 29.4 Å². The average molecular weight is 265 g/mol. The molecule has 1 aromatic rings. The van der Waals surface area contributed by atoms with E-state index in [-0.39, 0.29) is 6.10 Å². The zero-order valence-corrected chi connectivity index (χ0v) is 11.4. The molecule has 0 aromatic heterocycles. The van der Waals surface area contributed by atoms with Crippen molar-refractivity contribution in [2.45, 2.75) is 26.0 Å². The van der Waals surface area contributed by atoms with Crippen LogP contribution in [0.5, 0.6) is 0 Å². The molecular formula is C14H17ClN2O. The van der Waals surface area contributed by atoms with Crippen molar-refractivity contribution in [3.05, 3.63) is 34.9 Å². The van der Waals surface area contributed by atoms with Gasteiger partial charge in [0.15, 0.2) is 0 Å². The van der Waals surface area contributed by atoms with Crippen LogP contribution in [-0.2, 0) is 4.84 Å². The molecule has 2 atom stereocenters. The highest BCUT2D eigenvalue weighted by Crippen LogP contribution is 2.31. The molecule has 3 nitrogen and oxygen atoms in total. The van der Waals surface area contributed by atoms with Crippen LogP contribution in [0, 0.1) is 5.92 Å². The summed E-state index contributed by atoms with van der Waals surface area (Å²) < 4.78 is 0. The quantitative estimate of drug-likeness (QED) is 0.821. The van der Waals surface area contributed by atoms with E-state index < -0.39 is 0 Å². The Morgan fingerprint density at radius 2 is 2.00 bits per heavy atom. The molecule has 0 spiro atoms. The maximum absolute atomic E-state index is 5.92. The average Bonchev–Trinajstić information content (AvgIpc) is 2.89. The van der Waals surface area contributed by atoms with Crippen molar-refractivity contribution in [1.29, 1.82) is 0 Å². The molecule has 2 aliphatic heterocycles. The van der Waals surface area contributed by atoms with Crippen molar-refractivity contribution in [1.82, 2.24) is 4.90 Å². The molecule has 2 unspecified atom stereocenters. The third-order valence-electron chi connectivity index (χ3n) is 3.80. The number of hydrogen-bond donors (Lipinski definition) is 0. The molecule has 3 rings (SSSR count). The number of benzene rings is 1. The summed E-state index contributed by atoms with van der Waals surface area (Å²) in [4.78, 5) is 8.01. The second-order valence-electron chi connectivity index (χ2n) is 5.28. The van der Waals surface area contributed by atoms with Gasteiger partial charge in [-0.15, -0.1) is 0 Å². The second-order valence-corrected chi connectivity index (χ2v) is 5.72. The lowest BCUT2D eigenvalue weighted by molar-refractivity contribution is 0.0722. The number of hydrogen-bond acceptors (Lipinski definition) is 3. The Balaban J connectivity index is 1.81. The summed E-state index contributed by atoms with van der Waals surface area (Å²) in [5, 5.41) is 5.02. The largest absolute Gasteiger partial charge is 0.390 e. The summed E-state index contributed by atoms with van der Waals surface area (Å²) in [6.45, 7) is 6.45. The fourth-order valence-electron chi connectivity index (χ4n) is 2.67. The molecule has 1 saturated heterocycles. The second kappa shape index (κ2) is 4.56. The summed E-state index contributed by atoms with van der Waals surface area (Å²) in [5.41, 5.74) is 2.19. The van der Waals surface area contributed by atoms with Crippen molar-refractivity contribution in [2.75, 3.05) is 13.1 Å². The molecule has 0 N–H and O–H groups in total. The van der Waals surface area contributed by atoms with E-state index in [2.05, 4.69) is 23.9 Å². The summed E-state index contributed by atoms with van der Waals surface area (Å²) in [6, 6.07) is 8.41. The van der Waals surface area contributed by atoms with Gasteiger partial charge in [0.05, 0.1) is 11.6 Å². The van der Waals surface area contributed by atoms with Crippen LogP contribution in [0.3, 0.4) is 0 Å². The van der Waals surface area contributed by atoms with Gasteiger partial charge in [0.25, 0.3) is 0 Å². The Kier molecular flexibility index (Phi) is 3.04. The van der Waals surface area contributed by atoms with Gasteiger partial charge in [-0.2, -0.15) is 0 Å². The lowest BCUT2D eigenvalue weighted by Gasteiger charge is -2.20. The standard InChI is InChI=1S/C14H17ClN2O/c1-9(2)17-7-12-13(8-17)18-16-14(12)10-3-5-11(15)6-4-10/h3-6,9,12-13H,7-8H2,1-2H3. The van der Waals surface area contributed by atoms with E-state index in [0.29, 0.717) is 12.0 Å². The highest BCUT2D eigenvalue weighted by Gasteiger charge is 2.43. The molecule has 1 aromatic carbocycles. The van der Waals surface area contributed by atoms with Crippen LogP contribution in [0.25, 0.3) is 0 Å². The third kappa shape index (κ3) is 2.02. The first-order valence-corrected chi connectivity index (χ1v) is 6.76. The summed E-state index contributed by atoms with van der Waals surface area (Å²) in [7, 11) is 0. The molecule has 2 aliphatic rings. The van der Waals surface area contributed by atoms with Crippen molar-refractivity contribution < 1.29 is 4.84 Å². The minimum atomic E-state index is 0.220. The topological polar surface area (TPSA) is 24.8 Å². The van der Waals surface area contributed by atoms with E-state index in [1.54, 1.807) is 0 Å². The van der Waals surface area contributed by atoms with Gasteiger partial charge in [0, 0.05) is 24.2 Å². The maximum Gasteiger partial charge on any atom is 0.149 e. The number of oxime groups is 1. The fourth-order valence-corrected chi connectivity index (χ4v) is 2.80. The fraction of sp³-hybridized carbons (Fsp3) is 0.500. The third-order valence-corrected chi connectivity index (χ3v) is 4.05. The van der Waals surface area contributed by atoms with E-state index in [0.717, 1.165) is 29.4 Å². The highest BCUT2D eigenvalue weighted by atomic mass is 35.5. The molecule has 0 bridgehead atoms. The van der Waals surface area contributed by atoms with Crippen LogP contribution >= 0.6 is 11.6 Å². The molecule has 2 heterocycles. The van der Waals surface area contributed by atoms with Gasteiger partial charge in [-0.1, -0.05) is 28.9 Å². The van der Waals surface area contributed by atoms with Gasteiger partial charge in [-0.05, 0) is 31.5 Å². The van der Waals surface area contributed by atoms with Crippen molar-refractivity contribution >= 4 is 17.3 Å². The predicted octanol–water partition coefficient (Wildman–Crippen LogP) is 2.78. The van der Waals surface area contributed by atoms with Crippen molar-refractivity contribution in [3.8, 4) is 0 Å². The number of halogens is 1. The molecule has 0 aliphatic carbocycles. The van der Waals surface area contributed by atoms with Gasteiger partial charge in [0.2, 0.25) is 0 Å². The number of likely N-dealkylation sites (tertiary alicyclic amines) is 1. The Morgan fingerprint density at radius 3 is 2.67 bits per heavy atom. The van der Waals surface area contributed by atoms with Crippen molar-refractivity contribution in [2.24, 2.45) is 11.1 Å². The zero-order chi connectivity index (χ0) is 12.7. The SMILES string of the molecule is CC(C)N1CC2ON=C(c3ccc(Cl)cc3)C2C1. The van der Waals surface area contributed by atoms with Crippen molar-refractivity contribution in [3.63, 3.8) is 0 Å². The van der Waals surface area contributed by atoms with Gasteiger partial charge < -0.3 is 4.84 Å². The van der Waals surface area contributed by atoms with E-state index in [1.807, 2.05) is 24.3 Å². The molecule has 18 heavy (non-hydrogen) atoms. The summed E-state index contributed by atoms with van der Waals surface area (Å²) in [5.74, 6) is 0.397. The number of nitrogens with zero attached hydrogens (tertiary/aromatic N) is 2. The Morgan fingerprint density at radius 1 is 1.28 bits per heavy atom. The molecular weight excluding hydrogens is 248 g/mol. The monoisotopic (exact) mass is 264 g/mol. The predicted molar refractivity (Wildman–Crippen MR) is 73.1 cm³/mol. The molecule has 0 saturated carbocycles. The normalized spacial score (nSPS) is 27.2. The molecule has 4 heteroatoms. The summed E-state index contributed by atoms with van der Waals surface area (Å²) >= 11 is 5.92. The van der Waals surface area contributed by atoms with Crippen LogP contribution in [0.4, 0.5) is 0 Å². The lowest BCUT2D eigenvalue weighted by atomic mass is 9.95. The minimum absolute atomic E-state index is 0.220. The number of fused-ring (bicyclic) bond motifs is 1. The van der Waals surface area contributed by atoms with Crippen LogP contribution in [0.2, 0.25) is 5.02 Å². The minimum Gasteiger partial charge on any atom is -0.390 e. The van der Waals surface area contributed by atoms with Gasteiger partial charge in [0.1, 0.15) is 6.10 Å². The van der Waals surface area contributed by atoms with Crippen LogP contribution < -0.4 is 0 Å². The first-order chi connectivity index (χ1) is 8.65. The Bertz CT molecular complexity index is 469. The molecule has 96 valence electrons. The molecule has 0 amide bonds. The first-order valence-electron chi connectivity index (χ1n) is 6.39. The Labute approximate surface area is 112 Å².